The molecule has 1 atom stereocenters. The van der Waals surface area contributed by atoms with Gasteiger partial charge in [-0.15, -0.1) is 0 Å². The van der Waals surface area contributed by atoms with E-state index in [1.54, 1.807) is 4.90 Å². The predicted molar refractivity (Wildman–Crippen MR) is 131 cm³/mol. The maximum atomic E-state index is 13.7. The Bertz CT molecular complexity index is 1020. The molecule has 3 heterocycles. The number of benzene rings is 1. The fourth-order valence-corrected chi connectivity index (χ4v) is 6.84. The van der Waals surface area contributed by atoms with E-state index >= 15 is 0 Å². The summed E-state index contributed by atoms with van der Waals surface area (Å²) in [5.41, 5.74) is 0.422. The molecule has 1 aromatic rings. The monoisotopic (exact) mass is 511 g/mol. The third-order valence-electron chi connectivity index (χ3n) is 6.88. The van der Waals surface area contributed by atoms with Crippen molar-refractivity contribution in [2.45, 2.75) is 70.2 Å². The molecule has 34 heavy (non-hydrogen) atoms. The van der Waals surface area contributed by atoms with Crippen molar-refractivity contribution in [3.63, 3.8) is 0 Å². The number of likely N-dealkylation sites (tertiary alicyclic amines) is 1. The molecule has 3 aliphatic rings. The van der Waals surface area contributed by atoms with Gasteiger partial charge >= 0.3 is 12.1 Å². The zero-order valence-corrected chi connectivity index (χ0v) is 21.6. The third-order valence-corrected chi connectivity index (χ3v) is 8.83. The van der Waals surface area contributed by atoms with Gasteiger partial charge < -0.3 is 19.4 Å². The van der Waals surface area contributed by atoms with Crippen LogP contribution >= 0.6 is 11.6 Å². The molecule has 0 aliphatic carbocycles. The Morgan fingerprint density at radius 1 is 1.06 bits per heavy atom. The minimum Gasteiger partial charge on any atom is -0.444 e. The molecular formula is C24H34ClN3O5S. The van der Waals surface area contributed by atoms with Gasteiger partial charge in [0, 0.05) is 36.7 Å². The number of hydrogen-bond acceptors (Lipinski definition) is 5. The average Bonchev–Trinajstić information content (AvgIpc) is 3.10. The van der Waals surface area contributed by atoms with Crippen molar-refractivity contribution in [2.75, 3.05) is 31.1 Å². The Balaban J connectivity index is 1.51. The van der Waals surface area contributed by atoms with Gasteiger partial charge in [-0.1, -0.05) is 23.7 Å². The molecule has 4 rings (SSSR count). The lowest BCUT2D eigenvalue weighted by Gasteiger charge is -2.39. The lowest BCUT2D eigenvalue weighted by molar-refractivity contribution is 0.0157. The average molecular weight is 512 g/mol. The topological polar surface area (TPSA) is 87.2 Å². The number of carbonyl (C=O) groups excluding carboxylic acids is 2. The zero-order chi connectivity index (χ0) is 24.7. The highest BCUT2D eigenvalue weighted by atomic mass is 35.5. The van der Waals surface area contributed by atoms with Gasteiger partial charge in [0.05, 0.1) is 17.5 Å². The predicted octanol–water partition coefficient (Wildman–Crippen LogP) is 4.10. The Kier molecular flexibility index (Phi) is 7.06. The molecule has 8 nitrogen and oxygen atoms in total. The molecule has 3 aliphatic heterocycles. The number of piperidine rings is 1. The van der Waals surface area contributed by atoms with Gasteiger partial charge in [-0.3, -0.25) is 0 Å². The van der Waals surface area contributed by atoms with Crippen LogP contribution in [0.1, 0.15) is 58.1 Å². The highest BCUT2D eigenvalue weighted by molar-refractivity contribution is 7.91. The number of carbonyl (C=O) groups is 2. The smallest absolute Gasteiger partial charge is 0.410 e. The number of ether oxygens (including phenoxy) is 1. The van der Waals surface area contributed by atoms with E-state index in [2.05, 4.69) is 0 Å². The largest absolute Gasteiger partial charge is 0.444 e. The quantitative estimate of drug-likeness (QED) is 0.609. The Labute approximate surface area is 207 Å². The molecule has 0 bridgehead atoms. The second kappa shape index (κ2) is 9.57. The summed E-state index contributed by atoms with van der Waals surface area (Å²) >= 11 is 6.27. The molecule has 3 saturated heterocycles. The minimum atomic E-state index is -3.01. The molecule has 0 spiro atoms. The van der Waals surface area contributed by atoms with Gasteiger partial charge in [0.15, 0.2) is 0 Å². The highest BCUT2D eigenvalue weighted by Gasteiger charge is 2.46. The number of sulfone groups is 1. The molecule has 3 amide bonds. The summed E-state index contributed by atoms with van der Waals surface area (Å²) in [5, 5.41) is 0.617. The molecule has 1 unspecified atom stereocenters. The third kappa shape index (κ3) is 5.62. The summed E-state index contributed by atoms with van der Waals surface area (Å²) < 4.78 is 29.4. The second-order valence-electron chi connectivity index (χ2n) is 10.5. The van der Waals surface area contributed by atoms with Crippen LogP contribution in [0.4, 0.5) is 9.59 Å². The van der Waals surface area contributed by atoms with Crippen LogP contribution < -0.4 is 0 Å². The number of hydrogen-bond donors (Lipinski definition) is 0. The number of halogens is 1. The summed E-state index contributed by atoms with van der Waals surface area (Å²) in [5.74, 6) is 0.245. The van der Waals surface area contributed by atoms with E-state index < -0.39 is 15.4 Å². The molecule has 188 valence electrons. The summed E-state index contributed by atoms with van der Waals surface area (Å²) in [6, 6.07) is 7.28. The van der Waals surface area contributed by atoms with Crippen molar-refractivity contribution >= 4 is 33.6 Å². The fraction of sp³-hybridized carbons (Fsp3) is 0.667. The second-order valence-corrected chi connectivity index (χ2v) is 13.2. The summed E-state index contributed by atoms with van der Waals surface area (Å²) in [6.07, 6.45) is 1.95. The van der Waals surface area contributed by atoms with E-state index in [4.69, 9.17) is 16.3 Å². The van der Waals surface area contributed by atoms with Crippen LogP contribution in [-0.4, -0.2) is 84.1 Å². The number of amides is 3. The maximum Gasteiger partial charge on any atom is 0.410 e. The minimum absolute atomic E-state index is 0.0208. The summed E-state index contributed by atoms with van der Waals surface area (Å²) in [4.78, 5) is 31.7. The van der Waals surface area contributed by atoms with Crippen molar-refractivity contribution in [2.24, 2.45) is 0 Å². The lowest BCUT2D eigenvalue weighted by atomic mass is 9.99. The molecule has 0 N–H and O–H groups in total. The first-order chi connectivity index (χ1) is 15.9. The molecular weight excluding hydrogens is 478 g/mol. The Morgan fingerprint density at radius 3 is 2.29 bits per heavy atom. The van der Waals surface area contributed by atoms with Crippen molar-refractivity contribution in [3.8, 4) is 0 Å². The molecule has 0 saturated carbocycles. The van der Waals surface area contributed by atoms with E-state index in [1.807, 2.05) is 54.8 Å². The van der Waals surface area contributed by atoms with Crippen LogP contribution in [0.3, 0.4) is 0 Å². The van der Waals surface area contributed by atoms with E-state index in [0.29, 0.717) is 50.3 Å². The van der Waals surface area contributed by atoms with Crippen LogP contribution in [0.15, 0.2) is 24.3 Å². The summed E-state index contributed by atoms with van der Waals surface area (Å²) in [7, 11) is -3.01. The number of nitrogens with zero attached hydrogens (tertiary/aromatic N) is 3. The van der Waals surface area contributed by atoms with Gasteiger partial charge in [-0.25, -0.2) is 18.0 Å². The molecule has 3 fully saturated rings. The van der Waals surface area contributed by atoms with Crippen molar-refractivity contribution in [3.05, 3.63) is 34.9 Å². The highest BCUT2D eigenvalue weighted by Crippen LogP contribution is 2.38. The number of urea groups is 1. The van der Waals surface area contributed by atoms with Crippen LogP contribution in [-0.2, 0) is 14.6 Å². The standard InChI is InChI=1S/C24H34ClN3O5S/c1-24(2,3)33-23(30)26-11-7-20(8-12-26)28-21(17-5-4-6-18(25)15-17)16-27(22(28)29)19-9-13-34(31,32)14-10-19/h4-6,15,19-21H,7-14,16H2,1-3H3. The summed E-state index contributed by atoms with van der Waals surface area (Å²) in [6.45, 7) is 7.10. The van der Waals surface area contributed by atoms with Gasteiger partial charge in [0.2, 0.25) is 0 Å². The van der Waals surface area contributed by atoms with Gasteiger partial charge in [-0.05, 0) is 64.2 Å². The first kappa shape index (κ1) is 25.1. The maximum absolute atomic E-state index is 13.7. The van der Waals surface area contributed by atoms with E-state index in [0.717, 1.165) is 5.56 Å². The molecule has 1 aromatic carbocycles. The normalized spacial score (nSPS) is 24.5. The van der Waals surface area contributed by atoms with E-state index in [1.165, 1.54) is 0 Å². The lowest BCUT2D eigenvalue weighted by Crippen LogP contribution is -2.50. The first-order valence-electron chi connectivity index (χ1n) is 12.0. The van der Waals surface area contributed by atoms with Gasteiger partial charge in [0.1, 0.15) is 15.4 Å². The number of rotatable bonds is 3. The molecule has 10 heteroatoms. The Hall–Kier alpha value is -2.00. The van der Waals surface area contributed by atoms with Crippen LogP contribution in [0, 0.1) is 0 Å². The zero-order valence-electron chi connectivity index (χ0n) is 20.1. The van der Waals surface area contributed by atoms with E-state index in [-0.39, 0.29) is 41.8 Å². The van der Waals surface area contributed by atoms with Crippen molar-refractivity contribution in [1.82, 2.24) is 14.7 Å². The van der Waals surface area contributed by atoms with E-state index in [9.17, 15) is 18.0 Å². The van der Waals surface area contributed by atoms with Crippen molar-refractivity contribution < 1.29 is 22.7 Å². The molecule has 0 radical (unpaired) electrons. The van der Waals surface area contributed by atoms with Gasteiger partial charge in [-0.2, -0.15) is 0 Å². The SMILES string of the molecule is CC(C)(C)OC(=O)N1CCC(N2C(=O)N(C3CCS(=O)(=O)CC3)CC2c2cccc(Cl)c2)CC1. The van der Waals surface area contributed by atoms with Crippen molar-refractivity contribution in [1.29, 1.82) is 0 Å². The van der Waals surface area contributed by atoms with Crippen LogP contribution in [0.5, 0.6) is 0 Å². The fourth-order valence-electron chi connectivity index (χ4n) is 5.17. The van der Waals surface area contributed by atoms with Crippen LogP contribution in [0.25, 0.3) is 0 Å². The van der Waals surface area contributed by atoms with Crippen LogP contribution in [0.2, 0.25) is 5.02 Å². The first-order valence-corrected chi connectivity index (χ1v) is 14.2. The molecule has 0 aromatic heterocycles. The van der Waals surface area contributed by atoms with Gasteiger partial charge in [0.25, 0.3) is 0 Å². The Morgan fingerprint density at radius 2 is 1.71 bits per heavy atom.